The average molecular weight is 258 g/mol. The molecule has 2 rings (SSSR count). The fourth-order valence-electron chi connectivity index (χ4n) is 3.15. The Morgan fingerprint density at radius 1 is 1.17 bits per heavy atom. The molecule has 5 heteroatoms. The van der Waals surface area contributed by atoms with Crippen LogP contribution in [0.5, 0.6) is 0 Å². The zero-order valence-corrected chi connectivity index (χ0v) is 11.2. The first-order chi connectivity index (χ1) is 8.54. The van der Waals surface area contributed by atoms with E-state index < -0.39 is 12.2 Å². The van der Waals surface area contributed by atoms with Crippen molar-refractivity contribution in [2.45, 2.75) is 43.9 Å². The van der Waals surface area contributed by atoms with Crippen LogP contribution in [0.3, 0.4) is 0 Å². The monoisotopic (exact) mass is 258 g/mol. The predicted octanol–water partition coefficient (Wildman–Crippen LogP) is -0.835. The maximum absolute atomic E-state index is 9.64. The van der Waals surface area contributed by atoms with Crippen molar-refractivity contribution in [2.75, 3.05) is 33.3 Å². The normalized spacial score (nSPS) is 39.3. The second kappa shape index (κ2) is 5.84. The van der Waals surface area contributed by atoms with Gasteiger partial charge >= 0.3 is 0 Å². The molecule has 2 atom stereocenters. The van der Waals surface area contributed by atoms with Gasteiger partial charge in [0.15, 0.2) is 0 Å². The minimum absolute atomic E-state index is 0.0285. The highest BCUT2D eigenvalue weighted by atomic mass is 16.3. The molecular weight excluding hydrogens is 232 g/mol. The van der Waals surface area contributed by atoms with Crippen LogP contribution in [-0.4, -0.2) is 71.8 Å². The van der Waals surface area contributed by atoms with Crippen LogP contribution in [0.4, 0.5) is 0 Å². The van der Waals surface area contributed by atoms with Crippen molar-refractivity contribution in [3.63, 3.8) is 0 Å². The third-order valence-electron chi connectivity index (χ3n) is 4.55. The van der Waals surface area contributed by atoms with E-state index in [0.29, 0.717) is 25.4 Å². The van der Waals surface area contributed by atoms with E-state index in [1.54, 1.807) is 0 Å². The minimum Gasteiger partial charge on any atom is -0.396 e. The van der Waals surface area contributed by atoms with Crippen LogP contribution in [0.15, 0.2) is 0 Å². The summed E-state index contributed by atoms with van der Waals surface area (Å²) < 4.78 is 0. The number of nitrogens with one attached hydrogen (secondary N) is 1. The molecule has 1 saturated heterocycles. The van der Waals surface area contributed by atoms with E-state index in [0.717, 1.165) is 25.9 Å². The van der Waals surface area contributed by atoms with Gasteiger partial charge in [-0.05, 0) is 45.8 Å². The lowest BCUT2D eigenvalue weighted by molar-refractivity contribution is 0.0438. The number of likely N-dealkylation sites (tertiary alicyclic amines) is 1. The summed E-state index contributed by atoms with van der Waals surface area (Å²) in [5.74, 6) is 0. The fourth-order valence-corrected chi connectivity index (χ4v) is 3.15. The molecule has 4 N–H and O–H groups in total. The number of rotatable bonds is 4. The molecular formula is C13H26N2O3. The summed E-state index contributed by atoms with van der Waals surface area (Å²) in [4.78, 5) is 2.32. The summed E-state index contributed by atoms with van der Waals surface area (Å²) in [5, 5.41) is 32.3. The van der Waals surface area contributed by atoms with E-state index >= 15 is 0 Å². The van der Waals surface area contributed by atoms with Gasteiger partial charge in [-0.15, -0.1) is 0 Å². The lowest BCUT2D eigenvalue weighted by Crippen LogP contribution is -2.45. The predicted molar refractivity (Wildman–Crippen MR) is 69.3 cm³/mol. The van der Waals surface area contributed by atoms with Crippen molar-refractivity contribution in [1.82, 2.24) is 10.2 Å². The first-order valence-corrected chi connectivity index (χ1v) is 6.94. The van der Waals surface area contributed by atoms with Crippen molar-refractivity contribution >= 4 is 0 Å². The van der Waals surface area contributed by atoms with Gasteiger partial charge in [0.1, 0.15) is 0 Å². The Bertz CT molecular complexity index is 257. The van der Waals surface area contributed by atoms with Gasteiger partial charge in [-0.1, -0.05) is 0 Å². The highest BCUT2D eigenvalue weighted by molar-refractivity contribution is 4.96. The van der Waals surface area contributed by atoms with Gasteiger partial charge in [-0.25, -0.2) is 0 Å². The molecule has 0 spiro atoms. The molecule has 2 unspecified atom stereocenters. The maximum atomic E-state index is 9.64. The highest BCUT2D eigenvalue weighted by Crippen LogP contribution is 2.37. The number of hydrogen-bond donors (Lipinski definition) is 4. The van der Waals surface area contributed by atoms with Crippen molar-refractivity contribution in [3.8, 4) is 0 Å². The van der Waals surface area contributed by atoms with Crippen molar-refractivity contribution in [2.24, 2.45) is 5.41 Å². The second-order valence-corrected chi connectivity index (χ2v) is 6.16. The van der Waals surface area contributed by atoms with Gasteiger partial charge in [-0.2, -0.15) is 0 Å². The van der Waals surface area contributed by atoms with E-state index in [-0.39, 0.29) is 12.0 Å². The summed E-state index contributed by atoms with van der Waals surface area (Å²) in [7, 11) is 2.13. The van der Waals surface area contributed by atoms with E-state index in [1.165, 1.54) is 0 Å². The highest BCUT2D eigenvalue weighted by Gasteiger charge is 2.43. The van der Waals surface area contributed by atoms with Gasteiger partial charge in [-0.3, -0.25) is 0 Å². The number of nitrogens with zero attached hydrogens (tertiary/aromatic N) is 1. The van der Waals surface area contributed by atoms with Gasteiger partial charge in [0.2, 0.25) is 0 Å². The third kappa shape index (κ3) is 3.22. The molecule has 2 aliphatic rings. The molecule has 5 nitrogen and oxygen atoms in total. The quantitative estimate of drug-likeness (QED) is 0.529. The Morgan fingerprint density at radius 3 is 2.22 bits per heavy atom. The number of hydrogen-bond acceptors (Lipinski definition) is 5. The molecule has 1 aliphatic heterocycles. The fraction of sp³-hybridized carbons (Fsp3) is 1.00. The Kier molecular flexibility index (Phi) is 4.61. The van der Waals surface area contributed by atoms with Crippen LogP contribution in [0.1, 0.15) is 25.7 Å². The maximum Gasteiger partial charge on any atom is 0.0806 e. The van der Waals surface area contributed by atoms with Crippen LogP contribution in [-0.2, 0) is 0 Å². The van der Waals surface area contributed by atoms with Gasteiger partial charge in [0.05, 0.1) is 18.8 Å². The van der Waals surface area contributed by atoms with Gasteiger partial charge in [0.25, 0.3) is 0 Å². The summed E-state index contributed by atoms with van der Waals surface area (Å²) in [6.07, 6.45) is 1.87. The van der Waals surface area contributed by atoms with E-state index in [2.05, 4.69) is 17.3 Å². The number of aliphatic hydroxyl groups excluding tert-OH is 3. The van der Waals surface area contributed by atoms with Crippen molar-refractivity contribution < 1.29 is 15.3 Å². The van der Waals surface area contributed by atoms with E-state index in [9.17, 15) is 15.3 Å². The molecule has 0 aromatic carbocycles. The van der Waals surface area contributed by atoms with Gasteiger partial charge in [0, 0.05) is 18.0 Å². The Hall–Kier alpha value is -0.200. The molecule has 0 amide bonds. The molecule has 1 aliphatic carbocycles. The molecule has 0 bridgehead atoms. The van der Waals surface area contributed by atoms with Crippen LogP contribution in [0.2, 0.25) is 0 Å². The first kappa shape index (κ1) is 14.2. The second-order valence-electron chi connectivity index (χ2n) is 6.16. The van der Waals surface area contributed by atoms with E-state index in [1.807, 2.05) is 0 Å². The van der Waals surface area contributed by atoms with Crippen LogP contribution in [0.25, 0.3) is 0 Å². The molecule has 0 radical (unpaired) electrons. The van der Waals surface area contributed by atoms with E-state index in [4.69, 9.17) is 0 Å². The van der Waals surface area contributed by atoms with Crippen LogP contribution in [0, 0.1) is 5.41 Å². The largest absolute Gasteiger partial charge is 0.396 e. The molecule has 106 valence electrons. The van der Waals surface area contributed by atoms with Gasteiger partial charge < -0.3 is 25.5 Å². The summed E-state index contributed by atoms with van der Waals surface area (Å²) in [6.45, 7) is 2.93. The summed E-state index contributed by atoms with van der Waals surface area (Å²) in [5.41, 5.74) is -0.345. The SMILES string of the molecule is CN1CCC(NCC2(CO)CC(O)C(O)C2)CC1. The number of aliphatic hydroxyl groups is 3. The smallest absolute Gasteiger partial charge is 0.0806 e. The average Bonchev–Trinajstić information content (AvgIpc) is 2.65. The third-order valence-corrected chi connectivity index (χ3v) is 4.55. The van der Waals surface area contributed by atoms with Crippen LogP contribution < -0.4 is 5.32 Å². The first-order valence-electron chi connectivity index (χ1n) is 6.94. The summed E-state index contributed by atoms with van der Waals surface area (Å²) in [6, 6.07) is 0.500. The number of piperidine rings is 1. The Morgan fingerprint density at radius 2 is 1.72 bits per heavy atom. The molecule has 18 heavy (non-hydrogen) atoms. The summed E-state index contributed by atoms with van der Waals surface area (Å²) >= 11 is 0. The van der Waals surface area contributed by atoms with Crippen molar-refractivity contribution in [1.29, 1.82) is 0 Å². The topological polar surface area (TPSA) is 76.0 Å². The Labute approximate surface area is 109 Å². The van der Waals surface area contributed by atoms with Crippen molar-refractivity contribution in [3.05, 3.63) is 0 Å². The standard InChI is InChI=1S/C13H26N2O3/c1-15-4-2-10(3-5-15)14-8-13(9-16)6-11(17)12(18)7-13/h10-12,14,16-18H,2-9H2,1H3. The molecule has 1 heterocycles. The Balaban J connectivity index is 1.81. The molecule has 0 aromatic rings. The molecule has 0 aromatic heterocycles. The lowest BCUT2D eigenvalue weighted by Gasteiger charge is -2.33. The molecule has 1 saturated carbocycles. The minimum atomic E-state index is -0.684. The lowest BCUT2D eigenvalue weighted by atomic mass is 9.86. The zero-order valence-electron chi connectivity index (χ0n) is 11.2. The zero-order chi connectivity index (χ0) is 13.2. The molecule has 2 fully saturated rings. The van der Waals surface area contributed by atoms with Crippen LogP contribution >= 0.6 is 0 Å².